The van der Waals surface area contributed by atoms with Crippen LogP contribution in [0, 0.1) is 0 Å². The van der Waals surface area contributed by atoms with Crippen molar-refractivity contribution in [3.63, 3.8) is 0 Å². The summed E-state index contributed by atoms with van der Waals surface area (Å²) in [4.78, 5) is 16.6. The normalized spacial score (nSPS) is 11.5. The lowest BCUT2D eigenvalue weighted by atomic mass is 9.93. The van der Waals surface area contributed by atoms with Crippen molar-refractivity contribution < 1.29 is 9.21 Å². The van der Waals surface area contributed by atoms with Crippen LogP contribution < -0.4 is 5.32 Å². The highest BCUT2D eigenvalue weighted by atomic mass is 32.1. The molecule has 3 rings (SSSR count). The predicted molar refractivity (Wildman–Crippen MR) is 102 cm³/mol. The molecule has 0 aliphatic rings. The summed E-state index contributed by atoms with van der Waals surface area (Å²) < 4.78 is 5.83. The molecule has 0 spiro atoms. The van der Waals surface area contributed by atoms with E-state index in [4.69, 9.17) is 4.42 Å². The van der Waals surface area contributed by atoms with Gasteiger partial charge in [-0.2, -0.15) is 0 Å². The molecule has 0 bridgehead atoms. The molecule has 2 heterocycles. The first kappa shape index (κ1) is 17.4. The average Bonchev–Trinajstić information content (AvgIpc) is 3.23. The molecular weight excluding hydrogens is 332 g/mol. The Morgan fingerprint density at radius 1 is 1.16 bits per heavy atom. The second kappa shape index (κ2) is 7.23. The van der Waals surface area contributed by atoms with Gasteiger partial charge in [-0.15, -0.1) is 11.3 Å². The van der Waals surface area contributed by atoms with Crippen molar-refractivity contribution >= 4 is 22.4 Å². The molecule has 0 aliphatic carbocycles. The number of benzene rings is 1. The molecule has 3 aromatic rings. The van der Waals surface area contributed by atoms with Crippen molar-refractivity contribution in [3.05, 3.63) is 59.3 Å². The number of nitrogens with one attached hydrogen (secondary N) is 1. The Labute approximate surface area is 151 Å². The lowest BCUT2D eigenvalue weighted by Crippen LogP contribution is -2.14. The summed E-state index contributed by atoms with van der Waals surface area (Å²) in [5, 5.41) is 5.52. The largest absolute Gasteiger partial charge is 0.461 e. The monoisotopic (exact) mass is 354 g/mol. The minimum atomic E-state index is -0.0486. The lowest BCUT2D eigenvalue weighted by Gasteiger charge is -2.14. The van der Waals surface area contributed by atoms with E-state index in [1.54, 1.807) is 0 Å². The molecule has 0 aliphatic heterocycles. The Kier molecular flexibility index (Phi) is 5.04. The van der Waals surface area contributed by atoms with Crippen molar-refractivity contribution in [2.24, 2.45) is 0 Å². The average molecular weight is 354 g/mol. The van der Waals surface area contributed by atoms with Gasteiger partial charge in [0.25, 0.3) is 0 Å². The first-order valence-electron chi connectivity index (χ1n) is 8.32. The molecule has 0 saturated heterocycles. The van der Waals surface area contributed by atoms with Crippen LogP contribution in [0.2, 0.25) is 0 Å². The van der Waals surface area contributed by atoms with E-state index in [2.05, 4.69) is 31.1 Å². The molecule has 2 aromatic heterocycles. The van der Waals surface area contributed by atoms with Crippen LogP contribution in [0.1, 0.15) is 38.6 Å². The summed E-state index contributed by atoms with van der Waals surface area (Å²) in [7, 11) is 0. The van der Waals surface area contributed by atoms with Gasteiger partial charge in [-0.25, -0.2) is 4.98 Å². The summed E-state index contributed by atoms with van der Waals surface area (Å²) in [6.07, 6.45) is 0.933. The van der Waals surface area contributed by atoms with Gasteiger partial charge in [-0.05, 0) is 12.1 Å². The second-order valence-corrected chi connectivity index (χ2v) is 7.83. The summed E-state index contributed by atoms with van der Waals surface area (Å²) in [5.74, 6) is 1.58. The van der Waals surface area contributed by atoms with E-state index in [-0.39, 0.29) is 11.3 Å². The molecule has 5 heteroatoms. The molecule has 4 nitrogen and oxygen atoms in total. The topological polar surface area (TPSA) is 55.1 Å². The first-order valence-corrected chi connectivity index (χ1v) is 9.20. The fraction of sp³-hybridized carbons (Fsp3) is 0.300. The summed E-state index contributed by atoms with van der Waals surface area (Å²) in [6.45, 7) is 6.32. The van der Waals surface area contributed by atoms with Crippen LogP contribution in [0.25, 0.3) is 11.3 Å². The van der Waals surface area contributed by atoms with Crippen LogP contribution in [-0.4, -0.2) is 10.9 Å². The van der Waals surface area contributed by atoms with Crippen LogP contribution in [0.3, 0.4) is 0 Å². The van der Waals surface area contributed by atoms with E-state index in [1.807, 2.05) is 47.8 Å². The number of aromatic nitrogens is 1. The molecule has 0 atom stereocenters. The maximum Gasteiger partial charge on any atom is 0.226 e. The molecule has 0 fully saturated rings. The molecule has 1 amide bonds. The zero-order valence-electron chi connectivity index (χ0n) is 14.7. The highest BCUT2D eigenvalue weighted by Crippen LogP contribution is 2.26. The number of carbonyl (C=O) groups is 1. The zero-order valence-corrected chi connectivity index (χ0v) is 15.5. The van der Waals surface area contributed by atoms with Crippen molar-refractivity contribution in [3.8, 4) is 11.3 Å². The van der Waals surface area contributed by atoms with Crippen LogP contribution in [-0.2, 0) is 16.6 Å². The van der Waals surface area contributed by atoms with E-state index in [0.717, 1.165) is 22.8 Å². The van der Waals surface area contributed by atoms with Gasteiger partial charge in [0.05, 0.1) is 5.69 Å². The number of furan rings is 1. The maximum absolute atomic E-state index is 12.1. The highest BCUT2D eigenvalue weighted by molar-refractivity contribution is 7.13. The SMILES string of the molecule is CC(C)(C)c1csc(NC(=O)CCc2ccc(-c3ccccc3)o2)n1. The quantitative estimate of drug-likeness (QED) is 0.679. The molecular formula is C20H22N2O2S. The van der Waals surface area contributed by atoms with Gasteiger partial charge in [0.2, 0.25) is 5.91 Å². The third-order valence-electron chi connectivity index (χ3n) is 3.84. The smallest absolute Gasteiger partial charge is 0.226 e. The van der Waals surface area contributed by atoms with Crippen LogP contribution in [0.4, 0.5) is 5.13 Å². The van der Waals surface area contributed by atoms with Gasteiger partial charge < -0.3 is 9.73 Å². The maximum atomic E-state index is 12.1. The number of amides is 1. The Morgan fingerprint density at radius 3 is 2.60 bits per heavy atom. The summed E-state index contributed by atoms with van der Waals surface area (Å²) in [5.41, 5.74) is 2.02. The van der Waals surface area contributed by atoms with Crippen LogP contribution in [0.15, 0.2) is 52.3 Å². The molecule has 130 valence electrons. The number of hydrogen-bond donors (Lipinski definition) is 1. The number of nitrogens with zero attached hydrogens (tertiary/aromatic N) is 1. The Morgan fingerprint density at radius 2 is 1.92 bits per heavy atom. The predicted octanol–water partition coefficient (Wildman–Crippen LogP) is 5.27. The van der Waals surface area contributed by atoms with E-state index in [0.29, 0.717) is 18.0 Å². The molecule has 25 heavy (non-hydrogen) atoms. The number of carbonyl (C=O) groups excluding carboxylic acids is 1. The number of aryl methyl sites for hydroxylation is 1. The fourth-order valence-electron chi connectivity index (χ4n) is 2.36. The third-order valence-corrected chi connectivity index (χ3v) is 4.60. The Hall–Kier alpha value is -2.40. The molecule has 0 unspecified atom stereocenters. The molecule has 0 radical (unpaired) electrons. The fourth-order valence-corrected chi connectivity index (χ4v) is 3.32. The molecule has 0 saturated carbocycles. The van der Waals surface area contributed by atoms with Crippen LogP contribution >= 0.6 is 11.3 Å². The van der Waals surface area contributed by atoms with Crippen LogP contribution in [0.5, 0.6) is 0 Å². The zero-order chi connectivity index (χ0) is 17.9. The van der Waals surface area contributed by atoms with Crippen molar-refractivity contribution in [2.45, 2.75) is 39.0 Å². The van der Waals surface area contributed by atoms with Gasteiger partial charge in [-0.3, -0.25) is 4.79 Å². The molecule has 1 N–H and O–H groups in total. The Balaban J connectivity index is 1.54. The standard InChI is InChI=1S/C20H22N2O2S/c1-20(2,3)17-13-25-19(21-17)22-18(23)12-10-15-9-11-16(24-15)14-7-5-4-6-8-14/h4-9,11,13H,10,12H2,1-3H3,(H,21,22,23). The van der Waals surface area contributed by atoms with E-state index in [9.17, 15) is 4.79 Å². The van der Waals surface area contributed by atoms with Gasteiger partial charge in [0.15, 0.2) is 5.13 Å². The second-order valence-electron chi connectivity index (χ2n) is 6.97. The van der Waals surface area contributed by atoms with E-state index >= 15 is 0 Å². The van der Waals surface area contributed by atoms with E-state index < -0.39 is 0 Å². The van der Waals surface area contributed by atoms with E-state index in [1.165, 1.54) is 11.3 Å². The summed E-state index contributed by atoms with van der Waals surface area (Å²) in [6, 6.07) is 13.8. The lowest BCUT2D eigenvalue weighted by molar-refractivity contribution is -0.116. The Bertz CT molecular complexity index is 844. The minimum Gasteiger partial charge on any atom is -0.461 e. The minimum absolute atomic E-state index is 0.0124. The highest BCUT2D eigenvalue weighted by Gasteiger charge is 2.18. The van der Waals surface area contributed by atoms with Gasteiger partial charge >= 0.3 is 0 Å². The van der Waals surface area contributed by atoms with Gasteiger partial charge in [0, 0.05) is 29.2 Å². The number of anilines is 1. The van der Waals surface area contributed by atoms with Gasteiger partial charge in [0.1, 0.15) is 11.5 Å². The third kappa shape index (κ3) is 4.57. The number of rotatable bonds is 5. The number of thiazole rings is 1. The summed E-state index contributed by atoms with van der Waals surface area (Å²) >= 11 is 1.46. The van der Waals surface area contributed by atoms with Gasteiger partial charge in [-0.1, -0.05) is 51.1 Å². The number of hydrogen-bond acceptors (Lipinski definition) is 4. The first-order chi connectivity index (χ1) is 11.9. The van der Waals surface area contributed by atoms with Crippen molar-refractivity contribution in [1.29, 1.82) is 0 Å². The van der Waals surface area contributed by atoms with Crippen molar-refractivity contribution in [2.75, 3.05) is 5.32 Å². The van der Waals surface area contributed by atoms with Crippen molar-refractivity contribution in [1.82, 2.24) is 4.98 Å². The molecule has 1 aromatic carbocycles.